The molecule has 0 saturated carbocycles. The molecule has 0 unspecified atom stereocenters. The van der Waals surface area contributed by atoms with E-state index in [1.54, 1.807) is 25.2 Å². The number of benzene rings is 1. The summed E-state index contributed by atoms with van der Waals surface area (Å²) in [6, 6.07) is 6.08. The van der Waals surface area contributed by atoms with E-state index in [0.717, 1.165) is 18.3 Å². The minimum atomic E-state index is -4.49. The largest absolute Gasteiger partial charge is 0.494 e. The minimum absolute atomic E-state index is 0.137. The van der Waals surface area contributed by atoms with Crippen molar-refractivity contribution in [3.8, 4) is 11.6 Å². The van der Waals surface area contributed by atoms with Crippen LogP contribution in [-0.2, 0) is 11.0 Å². The van der Waals surface area contributed by atoms with E-state index in [1.165, 1.54) is 24.1 Å². The summed E-state index contributed by atoms with van der Waals surface area (Å²) in [6.07, 6.45) is -1.85. The first kappa shape index (κ1) is 29.6. The number of anilines is 5. The first-order chi connectivity index (χ1) is 19.4. The second-order valence-electron chi connectivity index (χ2n) is 9.19. The summed E-state index contributed by atoms with van der Waals surface area (Å²) in [7, 11) is 8.94. The molecule has 0 spiro atoms. The van der Waals surface area contributed by atoms with E-state index in [-0.39, 0.29) is 28.3 Å². The molecule has 0 atom stereocenters. The van der Waals surface area contributed by atoms with Crippen LogP contribution in [0.15, 0.2) is 43.1 Å². The SMILES string of the molecule is C=CC(=O)Nc1cc(Nc2nccc(-n3nc(NC)c4cc(C(F)(F)F)sc43)n2)c(OC)cc1N(C)CCN(C)C. The van der Waals surface area contributed by atoms with E-state index in [1.807, 2.05) is 30.9 Å². The van der Waals surface area contributed by atoms with Gasteiger partial charge in [0.1, 0.15) is 15.5 Å². The monoisotopic (exact) mass is 589 g/mol. The van der Waals surface area contributed by atoms with Crippen molar-refractivity contribution >= 4 is 56.3 Å². The van der Waals surface area contributed by atoms with Crippen molar-refractivity contribution in [3.05, 3.63) is 48.0 Å². The van der Waals surface area contributed by atoms with E-state index in [0.29, 0.717) is 40.4 Å². The maximum absolute atomic E-state index is 13.4. The first-order valence-electron chi connectivity index (χ1n) is 12.3. The molecule has 0 aliphatic heterocycles. The van der Waals surface area contributed by atoms with Crippen LogP contribution in [0.1, 0.15) is 4.88 Å². The molecule has 0 aliphatic rings. The standard InChI is InChI=1S/C26H30F3N9O2S/c1-7-22(39)32-16-13-17(19(40-6)14-18(16)37(5)11-10-36(3)4)33-25-31-9-8-21(34-25)38-24-15(23(30-2)35-38)12-20(41-24)26(27,28)29/h7-9,12-14H,1,10-11H2,2-6H3,(H,30,35)(H,32,39)(H,31,33,34). The maximum Gasteiger partial charge on any atom is 0.425 e. The number of aromatic nitrogens is 4. The molecule has 0 saturated heterocycles. The number of nitrogens with zero attached hydrogens (tertiary/aromatic N) is 6. The number of amides is 1. The van der Waals surface area contributed by atoms with Gasteiger partial charge in [0.05, 0.1) is 29.6 Å². The Morgan fingerprint density at radius 3 is 2.59 bits per heavy atom. The van der Waals surface area contributed by atoms with Crippen molar-refractivity contribution in [2.45, 2.75) is 6.18 Å². The number of rotatable bonds is 11. The fourth-order valence-corrected chi connectivity index (χ4v) is 4.93. The summed E-state index contributed by atoms with van der Waals surface area (Å²) >= 11 is 0.576. The molecule has 41 heavy (non-hydrogen) atoms. The topological polar surface area (TPSA) is 112 Å². The van der Waals surface area contributed by atoms with E-state index in [9.17, 15) is 18.0 Å². The van der Waals surface area contributed by atoms with Crippen molar-refractivity contribution in [2.24, 2.45) is 0 Å². The van der Waals surface area contributed by atoms with Crippen molar-refractivity contribution < 1.29 is 22.7 Å². The number of ether oxygens (including phenoxy) is 1. The Bertz CT molecular complexity index is 1570. The van der Waals surface area contributed by atoms with Gasteiger partial charge < -0.3 is 30.5 Å². The van der Waals surface area contributed by atoms with E-state index >= 15 is 0 Å². The molecule has 0 fully saturated rings. The summed E-state index contributed by atoms with van der Waals surface area (Å²) in [4.78, 5) is 24.6. The fourth-order valence-electron chi connectivity index (χ4n) is 3.94. The van der Waals surface area contributed by atoms with Crippen LogP contribution in [0.25, 0.3) is 16.0 Å². The highest BCUT2D eigenvalue weighted by atomic mass is 32.1. The fraction of sp³-hybridized carbons (Fsp3) is 0.308. The van der Waals surface area contributed by atoms with Crippen LogP contribution in [0.3, 0.4) is 0 Å². The molecule has 1 aromatic carbocycles. The molecule has 11 nitrogen and oxygen atoms in total. The molecule has 0 aliphatic carbocycles. The zero-order valence-electron chi connectivity index (χ0n) is 23.1. The van der Waals surface area contributed by atoms with Gasteiger partial charge in [0.2, 0.25) is 11.9 Å². The number of hydrogen-bond donors (Lipinski definition) is 3. The van der Waals surface area contributed by atoms with Gasteiger partial charge in [-0.25, -0.2) is 9.67 Å². The highest BCUT2D eigenvalue weighted by Gasteiger charge is 2.34. The Hall–Kier alpha value is -4.37. The predicted molar refractivity (Wildman–Crippen MR) is 156 cm³/mol. The van der Waals surface area contributed by atoms with E-state index in [2.05, 4.69) is 37.6 Å². The molecular formula is C26H30F3N9O2S. The molecule has 218 valence electrons. The zero-order valence-corrected chi connectivity index (χ0v) is 23.9. The molecule has 1 amide bonds. The van der Waals surface area contributed by atoms with Gasteiger partial charge in [-0.3, -0.25) is 4.79 Å². The zero-order chi connectivity index (χ0) is 29.9. The molecule has 4 rings (SSSR count). The normalized spacial score (nSPS) is 11.5. The number of likely N-dealkylation sites (N-methyl/N-ethyl adjacent to an activating group) is 2. The number of carbonyl (C=O) groups excluding carboxylic acids is 1. The number of fused-ring (bicyclic) bond motifs is 1. The van der Waals surface area contributed by atoms with Crippen LogP contribution in [0.2, 0.25) is 0 Å². The molecular weight excluding hydrogens is 559 g/mol. The van der Waals surface area contributed by atoms with Gasteiger partial charge in [-0.05, 0) is 32.3 Å². The highest BCUT2D eigenvalue weighted by Crippen LogP contribution is 2.41. The van der Waals surface area contributed by atoms with Gasteiger partial charge in [0.25, 0.3) is 0 Å². The molecule has 4 aromatic rings. The molecule has 0 bridgehead atoms. The summed E-state index contributed by atoms with van der Waals surface area (Å²) in [5, 5.41) is 13.5. The van der Waals surface area contributed by atoms with Crippen LogP contribution < -0.4 is 25.6 Å². The van der Waals surface area contributed by atoms with Crippen molar-refractivity contribution in [1.29, 1.82) is 0 Å². The number of carbonyl (C=O) groups is 1. The molecule has 0 radical (unpaired) electrons. The maximum atomic E-state index is 13.4. The van der Waals surface area contributed by atoms with Gasteiger partial charge in [0, 0.05) is 45.5 Å². The molecule has 15 heteroatoms. The third kappa shape index (κ3) is 6.52. The Morgan fingerprint density at radius 1 is 1.20 bits per heavy atom. The van der Waals surface area contributed by atoms with Crippen LogP contribution in [0, 0.1) is 0 Å². The smallest absolute Gasteiger partial charge is 0.425 e. The van der Waals surface area contributed by atoms with Crippen LogP contribution in [0.4, 0.5) is 42.0 Å². The second kappa shape index (κ2) is 12.0. The van der Waals surface area contributed by atoms with Crippen LogP contribution >= 0.6 is 11.3 Å². The summed E-state index contributed by atoms with van der Waals surface area (Å²) < 4.78 is 47.2. The summed E-state index contributed by atoms with van der Waals surface area (Å²) in [5.41, 5.74) is 1.67. The summed E-state index contributed by atoms with van der Waals surface area (Å²) in [6.45, 7) is 4.98. The third-order valence-corrected chi connectivity index (χ3v) is 7.19. The lowest BCUT2D eigenvalue weighted by Gasteiger charge is -2.26. The van der Waals surface area contributed by atoms with Crippen LogP contribution in [0.5, 0.6) is 5.75 Å². The Morgan fingerprint density at radius 2 is 1.95 bits per heavy atom. The van der Waals surface area contributed by atoms with Crippen LogP contribution in [-0.4, -0.2) is 78.9 Å². The van der Waals surface area contributed by atoms with Crippen molar-refractivity contribution in [2.75, 3.05) is 69.2 Å². The molecule has 3 N–H and O–H groups in total. The minimum Gasteiger partial charge on any atom is -0.494 e. The lowest BCUT2D eigenvalue weighted by molar-refractivity contribution is -0.134. The predicted octanol–water partition coefficient (Wildman–Crippen LogP) is 4.81. The third-order valence-electron chi connectivity index (χ3n) is 6.04. The Labute approximate surface area is 238 Å². The Balaban J connectivity index is 1.73. The van der Waals surface area contributed by atoms with E-state index in [4.69, 9.17) is 4.74 Å². The van der Waals surface area contributed by atoms with Crippen molar-refractivity contribution in [3.63, 3.8) is 0 Å². The highest BCUT2D eigenvalue weighted by molar-refractivity contribution is 7.18. The number of halogens is 3. The number of nitrogens with one attached hydrogen (secondary N) is 3. The Kier molecular flexibility index (Phi) is 8.68. The van der Waals surface area contributed by atoms with Gasteiger partial charge in [0.15, 0.2) is 11.6 Å². The summed E-state index contributed by atoms with van der Waals surface area (Å²) in [5.74, 6) is 0.743. The average molecular weight is 590 g/mol. The number of alkyl halides is 3. The lowest BCUT2D eigenvalue weighted by atomic mass is 10.2. The van der Waals surface area contributed by atoms with Gasteiger partial charge in [-0.1, -0.05) is 6.58 Å². The van der Waals surface area contributed by atoms with Crippen molar-refractivity contribution in [1.82, 2.24) is 24.6 Å². The van der Waals surface area contributed by atoms with E-state index < -0.39 is 11.1 Å². The number of methoxy groups -OCH3 is 1. The quantitative estimate of drug-likeness (QED) is 0.212. The average Bonchev–Trinajstić information content (AvgIpc) is 3.52. The van der Waals surface area contributed by atoms with Gasteiger partial charge in [-0.2, -0.15) is 18.2 Å². The molecule has 3 heterocycles. The first-order valence-corrected chi connectivity index (χ1v) is 13.2. The van der Waals surface area contributed by atoms with Gasteiger partial charge >= 0.3 is 6.18 Å². The lowest BCUT2D eigenvalue weighted by Crippen LogP contribution is -2.29. The second-order valence-corrected chi connectivity index (χ2v) is 10.2. The number of thiophene rings is 1. The molecule has 3 aromatic heterocycles. The van der Waals surface area contributed by atoms with Gasteiger partial charge in [-0.15, -0.1) is 16.4 Å². The number of hydrogen-bond acceptors (Lipinski definition) is 10.